The number of hydrogen-bond acceptors (Lipinski definition) is 5. The summed E-state index contributed by atoms with van der Waals surface area (Å²) in [7, 11) is 0. The highest BCUT2D eigenvalue weighted by molar-refractivity contribution is 8.00. The molecule has 0 amide bonds. The molecule has 2 heterocycles. The van der Waals surface area contributed by atoms with Crippen LogP contribution >= 0.6 is 11.8 Å². The molecular formula is C32H30N4S. The van der Waals surface area contributed by atoms with Gasteiger partial charge in [-0.3, -0.25) is 9.98 Å². The second-order valence-corrected chi connectivity index (χ2v) is 10.4. The van der Waals surface area contributed by atoms with Crippen LogP contribution in [0.2, 0.25) is 0 Å². The van der Waals surface area contributed by atoms with Crippen LogP contribution in [0.4, 0.5) is 0 Å². The Labute approximate surface area is 223 Å². The van der Waals surface area contributed by atoms with Crippen LogP contribution in [0.15, 0.2) is 131 Å². The summed E-state index contributed by atoms with van der Waals surface area (Å²) in [6.45, 7) is 0. The molecule has 0 saturated carbocycles. The maximum atomic E-state index is 5.13. The normalized spacial score (nSPS) is 22.6. The second kappa shape index (κ2) is 11.1. The minimum absolute atomic E-state index is 0.0751. The first kappa shape index (κ1) is 23.6. The van der Waals surface area contributed by atoms with Crippen molar-refractivity contribution in [1.29, 1.82) is 0 Å². The van der Waals surface area contributed by atoms with Crippen molar-refractivity contribution in [2.24, 2.45) is 9.98 Å². The van der Waals surface area contributed by atoms with Gasteiger partial charge in [0.1, 0.15) is 23.8 Å². The van der Waals surface area contributed by atoms with Gasteiger partial charge in [0.2, 0.25) is 0 Å². The molecule has 4 atom stereocenters. The zero-order chi connectivity index (χ0) is 24.9. The van der Waals surface area contributed by atoms with E-state index in [0.717, 1.165) is 23.2 Å². The maximum Gasteiger partial charge on any atom is 0.108 e. The molecule has 37 heavy (non-hydrogen) atoms. The van der Waals surface area contributed by atoms with E-state index >= 15 is 0 Å². The summed E-state index contributed by atoms with van der Waals surface area (Å²) in [4.78, 5) is 10.3. The van der Waals surface area contributed by atoms with Crippen LogP contribution in [0.25, 0.3) is 0 Å². The SMILES string of the molecule is c1ccc([C@H]2N=C(CSCC3=N[C@@H](c4ccccc4)[C@@H](c4ccccc4)N3)N[C@H]2c2ccccc2)cc1. The molecule has 0 unspecified atom stereocenters. The summed E-state index contributed by atoms with van der Waals surface area (Å²) in [6, 6.07) is 42.9. The van der Waals surface area contributed by atoms with Gasteiger partial charge in [0.15, 0.2) is 0 Å². The number of hydrogen-bond donors (Lipinski definition) is 2. The van der Waals surface area contributed by atoms with E-state index in [-0.39, 0.29) is 24.2 Å². The molecule has 2 N–H and O–H groups in total. The van der Waals surface area contributed by atoms with Gasteiger partial charge in [-0.15, -0.1) is 11.8 Å². The first-order chi connectivity index (χ1) is 18.3. The Bertz CT molecular complexity index is 1250. The van der Waals surface area contributed by atoms with Crippen molar-refractivity contribution in [1.82, 2.24) is 10.6 Å². The summed E-state index contributed by atoms with van der Waals surface area (Å²) in [5.74, 6) is 3.73. The predicted octanol–water partition coefficient (Wildman–Crippen LogP) is 6.69. The molecule has 0 fully saturated rings. The van der Waals surface area contributed by atoms with Gasteiger partial charge in [-0.1, -0.05) is 121 Å². The average Bonchev–Trinajstić information content (AvgIpc) is 3.60. The molecule has 4 aromatic carbocycles. The van der Waals surface area contributed by atoms with E-state index in [1.807, 2.05) is 11.8 Å². The monoisotopic (exact) mass is 502 g/mol. The fraction of sp³-hybridized carbons (Fsp3) is 0.188. The molecular weight excluding hydrogens is 472 g/mol. The Morgan fingerprint density at radius 3 is 1.14 bits per heavy atom. The minimum atomic E-state index is 0.0751. The summed E-state index contributed by atoms with van der Waals surface area (Å²) in [5.41, 5.74) is 5.00. The molecule has 0 radical (unpaired) electrons. The van der Waals surface area contributed by atoms with Crippen molar-refractivity contribution in [3.8, 4) is 0 Å². The quantitative estimate of drug-likeness (QED) is 0.282. The Morgan fingerprint density at radius 2 is 0.784 bits per heavy atom. The molecule has 4 aromatic rings. The smallest absolute Gasteiger partial charge is 0.108 e. The van der Waals surface area contributed by atoms with Gasteiger partial charge in [-0.25, -0.2) is 0 Å². The zero-order valence-corrected chi connectivity index (χ0v) is 21.4. The lowest BCUT2D eigenvalue weighted by atomic mass is 9.95. The highest BCUT2D eigenvalue weighted by Crippen LogP contribution is 2.38. The van der Waals surface area contributed by atoms with Crippen molar-refractivity contribution >= 4 is 23.4 Å². The molecule has 0 aliphatic carbocycles. The van der Waals surface area contributed by atoms with Crippen LogP contribution in [0, 0.1) is 0 Å². The highest BCUT2D eigenvalue weighted by Gasteiger charge is 2.32. The van der Waals surface area contributed by atoms with Crippen LogP contribution in [-0.4, -0.2) is 23.2 Å². The largest absolute Gasteiger partial charge is 0.364 e. The van der Waals surface area contributed by atoms with Crippen molar-refractivity contribution in [3.05, 3.63) is 144 Å². The molecule has 5 heteroatoms. The number of thioether (sulfide) groups is 1. The van der Waals surface area contributed by atoms with Crippen LogP contribution in [0.1, 0.15) is 46.4 Å². The Kier molecular flexibility index (Phi) is 7.04. The third-order valence-corrected chi connectivity index (χ3v) is 7.90. The van der Waals surface area contributed by atoms with E-state index in [4.69, 9.17) is 9.98 Å². The lowest BCUT2D eigenvalue weighted by Gasteiger charge is -2.20. The van der Waals surface area contributed by atoms with E-state index in [1.54, 1.807) is 0 Å². The summed E-state index contributed by atoms with van der Waals surface area (Å²) >= 11 is 1.85. The first-order valence-electron chi connectivity index (χ1n) is 12.8. The van der Waals surface area contributed by atoms with E-state index in [1.165, 1.54) is 22.3 Å². The van der Waals surface area contributed by atoms with Gasteiger partial charge >= 0.3 is 0 Å². The molecule has 0 spiro atoms. The minimum Gasteiger partial charge on any atom is -0.364 e. The molecule has 2 aliphatic heterocycles. The van der Waals surface area contributed by atoms with Crippen LogP contribution in [0.5, 0.6) is 0 Å². The van der Waals surface area contributed by atoms with E-state index in [2.05, 4.69) is 132 Å². The van der Waals surface area contributed by atoms with Crippen LogP contribution < -0.4 is 10.6 Å². The molecule has 184 valence electrons. The van der Waals surface area contributed by atoms with E-state index in [0.29, 0.717) is 0 Å². The van der Waals surface area contributed by atoms with Gasteiger partial charge in [0.25, 0.3) is 0 Å². The van der Waals surface area contributed by atoms with Gasteiger partial charge in [-0.05, 0) is 22.3 Å². The van der Waals surface area contributed by atoms with Crippen LogP contribution in [-0.2, 0) is 0 Å². The number of nitrogens with one attached hydrogen (secondary N) is 2. The summed E-state index contributed by atoms with van der Waals surface area (Å²) < 4.78 is 0. The topological polar surface area (TPSA) is 48.8 Å². The van der Waals surface area contributed by atoms with Gasteiger partial charge in [0, 0.05) is 0 Å². The number of rotatable bonds is 8. The van der Waals surface area contributed by atoms with Crippen molar-refractivity contribution in [2.75, 3.05) is 11.5 Å². The molecule has 0 saturated heterocycles. The Balaban J connectivity index is 1.15. The van der Waals surface area contributed by atoms with Gasteiger partial charge in [0.05, 0.1) is 23.6 Å². The number of nitrogens with zero attached hydrogens (tertiary/aromatic N) is 2. The van der Waals surface area contributed by atoms with Crippen molar-refractivity contribution < 1.29 is 0 Å². The number of aliphatic imine (C=N–C) groups is 2. The first-order valence-corrected chi connectivity index (χ1v) is 13.9. The molecule has 4 nitrogen and oxygen atoms in total. The molecule has 6 rings (SSSR count). The average molecular weight is 503 g/mol. The summed E-state index contributed by atoms with van der Waals surface area (Å²) in [5, 5.41) is 7.44. The van der Waals surface area contributed by atoms with Crippen LogP contribution in [0.3, 0.4) is 0 Å². The highest BCUT2D eigenvalue weighted by atomic mass is 32.2. The lowest BCUT2D eigenvalue weighted by Crippen LogP contribution is -2.28. The molecule has 0 bridgehead atoms. The predicted molar refractivity (Wildman–Crippen MR) is 155 cm³/mol. The Hall–Kier alpha value is -3.83. The van der Waals surface area contributed by atoms with E-state index in [9.17, 15) is 0 Å². The lowest BCUT2D eigenvalue weighted by molar-refractivity contribution is 0.572. The molecule has 0 aromatic heterocycles. The zero-order valence-electron chi connectivity index (χ0n) is 20.6. The van der Waals surface area contributed by atoms with Gasteiger partial charge in [-0.2, -0.15) is 0 Å². The fourth-order valence-corrected chi connectivity index (χ4v) is 5.97. The fourth-order valence-electron chi connectivity index (χ4n) is 5.16. The second-order valence-electron chi connectivity index (χ2n) is 9.42. The third-order valence-electron chi connectivity index (χ3n) is 6.94. The number of amidine groups is 2. The number of benzene rings is 4. The maximum absolute atomic E-state index is 5.13. The molecule has 2 aliphatic rings. The van der Waals surface area contributed by atoms with Gasteiger partial charge < -0.3 is 10.6 Å². The third kappa shape index (κ3) is 5.32. The Morgan fingerprint density at radius 1 is 0.459 bits per heavy atom. The van der Waals surface area contributed by atoms with E-state index < -0.39 is 0 Å². The summed E-state index contributed by atoms with van der Waals surface area (Å²) in [6.07, 6.45) is 0. The standard InChI is InChI=1S/C32H30N4S/c1-5-13-23(14-6-1)29-30(24-15-7-2-8-16-24)34-27(33-29)21-37-22-28-35-31(25-17-9-3-10-18-25)32(36-28)26-19-11-4-12-20-26/h1-20,29-32H,21-22H2,(H,33,34)(H,35,36)/t29-,30+,31-,32+. The van der Waals surface area contributed by atoms with Crippen molar-refractivity contribution in [2.45, 2.75) is 24.2 Å². The van der Waals surface area contributed by atoms with Crippen molar-refractivity contribution in [3.63, 3.8) is 0 Å².